The minimum Gasteiger partial charge on any atom is -0.405 e. The number of H-pyrrole nitrogens is 1. The Morgan fingerprint density at radius 3 is 2.56 bits per heavy atom. The summed E-state index contributed by atoms with van der Waals surface area (Å²) in [4.78, 5) is 20.0. The number of halogens is 5. The van der Waals surface area contributed by atoms with E-state index in [1.165, 1.54) is 12.1 Å². The standard InChI is InChI=1S/C22H14BrClF3N3O2/c23-14-3-6-16(7-4-14)28-21(31)13-2-8-17-18(9-13)30-20(29-17)10-12-1-5-15(24)11-19(12)32-22(25,26)27/h1-9,11H,10H2,(H,28,31)(H,29,30). The number of amides is 1. The monoisotopic (exact) mass is 523 g/mol. The van der Waals surface area contributed by atoms with Crippen LogP contribution in [0.3, 0.4) is 0 Å². The lowest BCUT2D eigenvalue weighted by molar-refractivity contribution is -0.274. The molecule has 5 nitrogen and oxygen atoms in total. The molecule has 0 saturated carbocycles. The van der Waals surface area contributed by atoms with Gasteiger partial charge in [0.2, 0.25) is 0 Å². The lowest BCUT2D eigenvalue weighted by atomic mass is 10.1. The Hall–Kier alpha value is -3.04. The van der Waals surface area contributed by atoms with Crippen LogP contribution < -0.4 is 10.1 Å². The smallest absolute Gasteiger partial charge is 0.405 e. The highest BCUT2D eigenvalue weighted by Crippen LogP contribution is 2.31. The normalized spacial score (nSPS) is 11.5. The van der Waals surface area contributed by atoms with Gasteiger partial charge in [0.05, 0.1) is 11.0 Å². The zero-order valence-corrected chi connectivity index (χ0v) is 18.5. The molecule has 0 aliphatic carbocycles. The zero-order chi connectivity index (χ0) is 22.9. The third-order valence-electron chi connectivity index (χ3n) is 4.51. The van der Waals surface area contributed by atoms with E-state index in [4.69, 9.17) is 11.6 Å². The largest absolute Gasteiger partial charge is 0.573 e. The van der Waals surface area contributed by atoms with E-state index in [1.807, 2.05) is 12.1 Å². The van der Waals surface area contributed by atoms with Crippen LogP contribution in [0.15, 0.2) is 65.1 Å². The molecule has 0 aliphatic rings. The molecular formula is C22H14BrClF3N3O2. The average Bonchev–Trinajstić information content (AvgIpc) is 3.12. The first-order chi connectivity index (χ1) is 15.2. The number of carbonyl (C=O) groups is 1. The van der Waals surface area contributed by atoms with E-state index in [0.717, 1.165) is 10.5 Å². The van der Waals surface area contributed by atoms with Crippen LogP contribution in [0.2, 0.25) is 5.02 Å². The summed E-state index contributed by atoms with van der Waals surface area (Å²) in [6, 6.07) is 16.1. The molecule has 0 spiro atoms. The van der Waals surface area contributed by atoms with Crippen LogP contribution in [-0.4, -0.2) is 22.2 Å². The van der Waals surface area contributed by atoms with Crippen LogP contribution in [0.4, 0.5) is 18.9 Å². The molecule has 0 unspecified atom stereocenters. The molecule has 0 bridgehead atoms. The van der Waals surface area contributed by atoms with Gasteiger partial charge in [-0.3, -0.25) is 4.79 Å². The maximum atomic E-state index is 12.7. The zero-order valence-electron chi connectivity index (χ0n) is 16.1. The Morgan fingerprint density at radius 2 is 1.84 bits per heavy atom. The number of fused-ring (bicyclic) bond motifs is 1. The van der Waals surface area contributed by atoms with E-state index in [0.29, 0.717) is 28.1 Å². The number of rotatable bonds is 5. The highest BCUT2D eigenvalue weighted by atomic mass is 79.9. The van der Waals surface area contributed by atoms with Crippen molar-refractivity contribution in [3.63, 3.8) is 0 Å². The van der Waals surface area contributed by atoms with Gasteiger partial charge in [0.15, 0.2) is 0 Å². The molecule has 0 fully saturated rings. The van der Waals surface area contributed by atoms with Crippen molar-refractivity contribution in [2.45, 2.75) is 12.8 Å². The molecule has 1 heterocycles. The second-order valence-corrected chi connectivity index (χ2v) is 8.21. The van der Waals surface area contributed by atoms with Crippen molar-refractivity contribution < 1.29 is 22.7 Å². The number of nitrogens with one attached hydrogen (secondary N) is 2. The number of alkyl halides is 3. The minimum absolute atomic E-state index is 0.0533. The summed E-state index contributed by atoms with van der Waals surface area (Å²) in [5, 5.41) is 2.93. The van der Waals surface area contributed by atoms with Crippen molar-refractivity contribution in [2.75, 3.05) is 5.32 Å². The number of nitrogens with zero attached hydrogens (tertiary/aromatic N) is 1. The number of carbonyl (C=O) groups excluding carboxylic acids is 1. The fourth-order valence-electron chi connectivity index (χ4n) is 3.10. The van der Waals surface area contributed by atoms with Crippen molar-refractivity contribution in [3.8, 4) is 5.75 Å². The van der Waals surface area contributed by atoms with E-state index >= 15 is 0 Å². The number of aromatic amines is 1. The predicted octanol–water partition coefficient (Wildman–Crippen LogP) is 6.72. The molecule has 0 atom stereocenters. The molecule has 3 aromatic carbocycles. The van der Waals surface area contributed by atoms with E-state index < -0.39 is 6.36 Å². The molecule has 1 amide bonds. The second-order valence-electron chi connectivity index (χ2n) is 6.85. The first-order valence-corrected chi connectivity index (χ1v) is 10.4. The number of hydrogen-bond acceptors (Lipinski definition) is 3. The fraction of sp³-hybridized carbons (Fsp3) is 0.0909. The van der Waals surface area contributed by atoms with Gasteiger partial charge in [-0.2, -0.15) is 0 Å². The molecule has 0 aliphatic heterocycles. The summed E-state index contributed by atoms with van der Waals surface area (Å²) in [6.45, 7) is 0. The lowest BCUT2D eigenvalue weighted by Gasteiger charge is -2.13. The highest BCUT2D eigenvalue weighted by Gasteiger charge is 2.32. The van der Waals surface area contributed by atoms with Crippen molar-refractivity contribution in [1.82, 2.24) is 9.97 Å². The van der Waals surface area contributed by atoms with Crippen molar-refractivity contribution >= 4 is 50.2 Å². The van der Waals surface area contributed by atoms with Gasteiger partial charge in [-0.25, -0.2) is 4.98 Å². The maximum absolute atomic E-state index is 12.7. The highest BCUT2D eigenvalue weighted by molar-refractivity contribution is 9.10. The van der Waals surface area contributed by atoms with Gasteiger partial charge in [-0.05, 0) is 54.6 Å². The van der Waals surface area contributed by atoms with Gasteiger partial charge < -0.3 is 15.0 Å². The van der Waals surface area contributed by atoms with E-state index in [2.05, 4.69) is 36.0 Å². The molecule has 0 radical (unpaired) electrons. The summed E-state index contributed by atoms with van der Waals surface area (Å²) in [5.41, 5.74) is 2.47. The molecule has 0 saturated heterocycles. The molecule has 1 aromatic heterocycles. The Kier molecular flexibility index (Phi) is 6.12. The van der Waals surface area contributed by atoms with Crippen molar-refractivity contribution in [2.24, 2.45) is 0 Å². The van der Waals surface area contributed by atoms with Crippen LogP contribution in [-0.2, 0) is 6.42 Å². The van der Waals surface area contributed by atoms with Crippen LogP contribution in [0.1, 0.15) is 21.7 Å². The van der Waals surface area contributed by atoms with E-state index in [-0.39, 0.29) is 28.7 Å². The molecule has 32 heavy (non-hydrogen) atoms. The van der Waals surface area contributed by atoms with Gasteiger partial charge in [-0.1, -0.05) is 33.6 Å². The Balaban J connectivity index is 1.56. The second kappa shape index (κ2) is 8.84. The van der Waals surface area contributed by atoms with Crippen molar-refractivity contribution in [1.29, 1.82) is 0 Å². The summed E-state index contributed by atoms with van der Waals surface area (Å²) in [7, 11) is 0. The Bertz CT molecular complexity index is 1290. The predicted molar refractivity (Wildman–Crippen MR) is 119 cm³/mol. The molecule has 10 heteroatoms. The average molecular weight is 525 g/mol. The third-order valence-corrected chi connectivity index (χ3v) is 5.27. The van der Waals surface area contributed by atoms with Gasteiger partial charge in [-0.15, -0.1) is 13.2 Å². The molecule has 2 N–H and O–H groups in total. The van der Waals surface area contributed by atoms with Crippen LogP contribution in [0, 0.1) is 0 Å². The molecule has 164 valence electrons. The van der Waals surface area contributed by atoms with Crippen molar-refractivity contribution in [3.05, 3.63) is 87.1 Å². The maximum Gasteiger partial charge on any atom is 0.573 e. The van der Waals surface area contributed by atoms with Gasteiger partial charge >= 0.3 is 6.36 Å². The van der Waals surface area contributed by atoms with Crippen LogP contribution >= 0.6 is 27.5 Å². The topological polar surface area (TPSA) is 67.0 Å². The fourth-order valence-corrected chi connectivity index (χ4v) is 3.52. The molecule has 4 aromatic rings. The number of aromatic nitrogens is 2. The Morgan fingerprint density at radius 1 is 1.09 bits per heavy atom. The first kappa shape index (κ1) is 22.2. The quantitative estimate of drug-likeness (QED) is 0.305. The van der Waals surface area contributed by atoms with Gasteiger partial charge in [0, 0.05) is 32.7 Å². The summed E-state index contributed by atoms with van der Waals surface area (Å²) < 4.78 is 43.2. The minimum atomic E-state index is -4.84. The summed E-state index contributed by atoms with van der Waals surface area (Å²) in [5.74, 6) is -0.274. The van der Waals surface area contributed by atoms with Gasteiger partial charge in [0.1, 0.15) is 11.6 Å². The number of ether oxygens (including phenoxy) is 1. The van der Waals surface area contributed by atoms with Crippen LogP contribution in [0.25, 0.3) is 11.0 Å². The summed E-state index contributed by atoms with van der Waals surface area (Å²) in [6.07, 6.45) is -4.79. The SMILES string of the molecule is O=C(Nc1ccc(Br)cc1)c1ccc2nc(Cc3ccc(Cl)cc3OC(F)(F)F)[nH]c2c1. The number of anilines is 1. The summed E-state index contributed by atoms with van der Waals surface area (Å²) >= 11 is 9.15. The lowest BCUT2D eigenvalue weighted by Crippen LogP contribution is -2.18. The molecule has 4 rings (SSSR count). The Labute approximate surface area is 193 Å². The number of benzene rings is 3. The number of hydrogen-bond donors (Lipinski definition) is 2. The van der Waals surface area contributed by atoms with E-state index in [9.17, 15) is 18.0 Å². The molecular weight excluding hydrogens is 511 g/mol. The van der Waals surface area contributed by atoms with Crippen LogP contribution in [0.5, 0.6) is 5.75 Å². The van der Waals surface area contributed by atoms with E-state index in [1.54, 1.807) is 30.3 Å². The third kappa shape index (κ3) is 5.41. The first-order valence-electron chi connectivity index (χ1n) is 9.26. The van der Waals surface area contributed by atoms with Gasteiger partial charge in [0.25, 0.3) is 5.91 Å². The number of imidazole rings is 1.